The number of thiophene rings is 1. The molecule has 1 aromatic heterocycles. The summed E-state index contributed by atoms with van der Waals surface area (Å²) in [4.78, 5) is 15.0. The first-order chi connectivity index (χ1) is 9.69. The molecule has 104 valence electrons. The van der Waals surface area contributed by atoms with E-state index < -0.39 is 5.97 Å². The van der Waals surface area contributed by atoms with Gasteiger partial charge < -0.3 is 10.0 Å². The van der Waals surface area contributed by atoms with Gasteiger partial charge in [-0.3, -0.25) is 0 Å². The lowest BCUT2D eigenvalue weighted by Crippen LogP contribution is -2.21. The first kappa shape index (κ1) is 14.3. The number of carboxylic acid groups (broad SMARTS) is 1. The van der Waals surface area contributed by atoms with Gasteiger partial charge in [-0.15, -0.1) is 11.3 Å². The molecule has 0 spiro atoms. The van der Waals surface area contributed by atoms with Gasteiger partial charge in [0.05, 0.1) is 6.54 Å². The van der Waals surface area contributed by atoms with Gasteiger partial charge in [0.25, 0.3) is 0 Å². The topological polar surface area (TPSA) is 40.5 Å². The Morgan fingerprint density at radius 1 is 1.25 bits per heavy atom. The molecule has 0 saturated carbocycles. The van der Waals surface area contributed by atoms with Crippen molar-refractivity contribution in [1.29, 1.82) is 0 Å². The Morgan fingerprint density at radius 2 is 2.00 bits per heavy atom. The first-order valence-electron chi connectivity index (χ1n) is 6.48. The van der Waals surface area contributed by atoms with Gasteiger partial charge in [0.15, 0.2) is 0 Å². The van der Waals surface area contributed by atoms with Gasteiger partial charge in [-0.2, -0.15) is 0 Å². The molecule has 3 nitrogen and oxygen atoms in total. The Morgan fingerprint density at radius 3 is 2.65 bits per heavy atom. The van der Waals surface area contributed by atoms with Gasteiger partial charge in [0, 0.05) is 28.1 Å². The van der Waals surface area contributed by atoms with Crippen molar-refractivity contribution >= 4 is 29.1 Å². The maximum Gasteiger partial charge on any atom is 0.328 e. The highest BCUT2D eigenvalue weighted by atomic mass is 32.1. The number of carbonyl (C=O) groups is 1. The number of carboxylic acids is 1. The Bertz CT molecular complexity index is 590. The lowest BCUT2D eigenvalue weighted by Gasteiger charge is -2.22. The van der Waals surface area contributed by atoms with Crippen molar-refractivity contribution in [2.75, 3.05) is 11.4 Å². The summed E-state index contributed by atoms with van der Waals surface area (Å²) < 4.78 is 0. The highest BCUT2D eigenvalue weighted by Crippen LogP contribution is 2.22. The van der Waals surface area contributed by atoms with Crippen LogP contribution in [0.2, 0.25) is 0 Å². The fraction of sp³-hybridized carbons (Fsp3) is 0.188. The predicted molar refractivity (Wildman–Crippen MR) is 84.2 cm³/mol. The summed E-state index contributed by atoms with van der Waals surface area (Å²) >= 11 is 1.62. The van der Waals surface area contributed by atoms with Gasteiger partial charge in [-0.25, -0.2) is 4.79 Å². The Labute approximate surface area is 122 Å². The standard InChI is InChI=1S/C16H17NO2S/c1-2-17(13-6-4-3-5-7-13)12-15-9-8-14(20-15)10-11-16(18)19/h3-11H,2,12H2,1H3,(H,18,19). The quantitative estimate of drug-likeness (QED) is 0.820. The molecule has 20 heavy (non-hydrogen) atoms. The van der Waals surface area contributed by atoms with Crippen molar-refractivity contribution in [2.45, 2.75) is 13.5 Å². The van der Waals surface area contributed by atoms with Gasteiger partial charge in [-0.1, -0.05) is 18.2 Å². The number of hydrogen-bond acceptors (Lipinski definition) is 3. The normalized spacial score (nSPS) is 10.8. The molecular weight excluding hydrogens is 270 g/mol. The average Bonchev–Trinajstić information content (AvgIpc) is 2.91. The van der Waals surface area contributed by atoms with E-state index in [4.69, 9.17) is 5.11 Å². The minimum atomic E-state index is -0.917. The minimum Gasteiger partial charge on any atom is -0.478 e. The summed E-state index contributed by atoms with van der Waals surface area (Å²) in [5.74, 6) is -0.917. The third-order valence-corrected chi connectivity index (χ3v) is 3.96. The van der Waals surface area contributed by atoms with Crippen molar-refractivity contribution in [3.05, 3.63) is 58.3 Å². The molecule has 0 bridgehead atoms. The zero-order valence-corrected chi connectivity index (χ0v) is 12.1. The van der Waals surface area contributed by atoms with Crippen molar-refractivity contribution in [1.82, 2.24) is 0 Å². The molecule has 2 rings (SSSR count). The number of para-hydroxylation sites is 1. The summed E-state index contributed by atoms with van der Waals surface area (Å²) in [6.45, 7) is 3.90. The van der Waals surface area contributed by atoms with Gasteiger partial charge in [0.2, 0.25) is 0 Å². The summed E-state index contributed by atoms with van der Waals surface area (Å²) in [6.07, 6.45) is 2.81. The Kier molecular flexibility index (Phi) is 4.96. The predicted octanol–water partition coefficient (Wildman–Crippen LogP) is 3.87. The molecule has 0 radical (unpaired) electrons. The Balaban J connectivity index is 2.07. The largest absolute Gasteiger partial charge is 0.478 e. The lowest BCUT2D eigenvalue weighted by molar-refractivity contribution is -0.131. The van der Waals surface area contributed by atoms with Gasteiger partial charge >= 0.3 is 5.97 Å². The lowest BCUT2D eigenvalue weighted by atomic mass is 10.3. The first-order valence-corrected chi connectivity index (χ1v) is 7.30. The van der Waals surface area contributed by atoms with E-state index in [-0.39, 0.29) is 0 Å². The van der Waals surface area contributed by atoms with Crippen molar-refractivity contribution in [2.24, 2.45) is 0 Å². The molecule has 1 heterocycles. The van der Waals surface area contributed by atoms with Crippen LogP contribution in [0.3, 0.4) is 0 Å². The van der Waals surface area contributed by atoms with Crippen LogP contribution < -0.4 is 4.90 Å². The van der Waals surface area contributed by atoms with Crippen LogP contribution >= 0.6 is 11.3 Å². The second-order valence-corrected chi connectivity index (χ2v) is 5.53. The molecule has 0 aliphatic carbocycles. The van der Waals surface area contributed by atoms with Crippen LogP contribution in [0.4, 0.5) is 5.69 Å². The summed E-state index contributed by atoms with van der Waals surface area (Å²) in [5.41, 5.74) is 1.20. The van der Waals surface area contributed by atoms with E-state index in [1.54, 1.807) is 17.4 Å². The fourth-order valence-corrected chi connectivity index (χ4v) is 2.87. The van der Waals surface area contributed by atoms with Crippen LogP contribution in [0.25, 0.3) is 6.08 Å². The molecular formula is C16H17NO2S. The van der Waals surface area contributed by atoms with Crippen LogP contribution in [0.15, 0.2) is 48.5 Å². The van der Waals surface area contributed by atoms with Crippen molar-refractivity contribution < 1.29 is 9.90 Å². The van der Waals surface area contributed by atoms with E-state index in [2.05, 4.69) is 30.0 Å². The van der Waals surface area contributed by atoms with Gasteiger partial charge in [0.1, 0.15) is 0 Å². The zero-order valence-electron chi connectivity index (χ0n) is 11.3. The summed E-state index contributed by atoms with van der Waals surface area (Å²) in [6, 6.07) is 14.3. The minimum absolute atomic E-state index is 0.839. The van der Waals surface area contributed by atoms with E-state index in [9.17, 15) is 4.79 Å². The highest BCUT2D eigenvalue weighted by molar-refractivity contribution is 7.12. The van der Waals surface area contributed by atoms with Crippen LogP contribution in [-0.2, 0) is 11.3 Å². The van der Waals surface area contributed by atoms with Crippen LogP contribution in [-0.4, -0.2) is 17.6 Å². The molecule has 1 N–H and O–H groups in total. The molecule has 0 fully saturated rings. The maximum absolute atomic E-state index is 10.5. The van der Waals surface area contributed by atoms with E-state index in [0.29, 0.717) is 0 Å². The SMILES string of the molecule is CCN(Cc1ccc(C=CC(=O)O)s1)c1ccccc1. The third kappa shape index (κ3) is 3.96. The number of nitrogens with zero attached hydrogens (tertiary/aromatic N) is 1. The monoisotopic (exact) mass is 287 g/mol. The number of aliphatic carboxylic acids is 1. The van der Waals surface area contributed by atoms with E-state index in [1.165, 1.54) is 16.6 Å². The molecule has 0 saturated heterocycles. The van der Waals surface area contributed by atoms with Crippen molar-refractivity contribution in [3.8, 4) is 0 Å². The molecule has 0 aliphatic rings. The molecule has 0 aliphatic heterocycles. The molecule has 1 aromatic carbocycles. The molecule has 2 aromatic rings. The average molecular weight is 287 g/mol. The number of benzene rings is 1. The number of rotatable bonds is 6. The summed E-state index contributed by atoms with van der Waals surface area (Å²) in [5, 5.41) is 8.62. The van der Waals surface area contributed by atoms with Crippen LogP contribution in [0, 0.1) is 0 Å². The summed E-state index contributed by atoms with van der Waals surface area (Å²) in [7, 11) is 0. The Hall–Kier alpha value is -2.07. The number of anilines is 1. The smallest absolute Gasteiger partial charge is 0.328 e. The van der Waals surface area contributed by atoms with Gasteiger partial charge in [-0.05, 0) is 37.3 Å². The van der Waals surface area contributed by atoms with E-state index >= 15 is 0 Å². The highest BCUT2D eigenvalue weighted by Gasteiger charge is 2.06. The van der Waals surface area contributed by atoms with E-state index in [0.717, 1.165) is 18.0 Å². The second-order valence-electron chi connectivity index (χ2n) is 4.33. The maximum atomic E-state index is 10.5. The van der Waals surface area contributed by atoms with E-state index in [1.807, 2.05) is 24.3 Å². The zero-order chi connectivity index (χ0) is 14.4. The number of hydrogen-bond donors (Lipinski definition) is 1. The molecule has 0 atom stereocenters. The fourth-order valence-electron chi connectivity index (χ4n) is 1.94. The van der Waals surface area contributed by atoms with Crippen LogP contribution in [0.1, 0.15) is 16.7 Å². The van der Waals surface area contributed by atoms with Crippen molar-refractivity contribution in [3.63, 3.8) is 0 Å². The molecule has 0 unspecified atom stereocenters. The van der Waals surface area contributed by atoms with Crippen LogP contribution in [0.5, 0.6) is 0 Å². The molecule has 0 amide bonds. The second kappa shape index (κ2) is 6.91. The molecule has 4 heteroatoms. The third-order valence-electron chi connectivity index (χ3n) is 2.92.